The molecule has 0 aliphatic rings. The Labute approximate surface area is 166 Å². The highest BCUT2D eigenvalue weighted by Crippen LogP contribution is 2.44. The molecule has 0 aliphatic heterocycles. The zero-order valence-corrected chi connectivity index (χ0v) is 15.5. The summed E-state index contributed by atoms with van der Waals surface area (Å²) in [6.45, 7) is -0.357. The highest BCUT2D eigenvalue weighted by atomic mass is 32.1. The van der Waals surface area contributed by atoms with E-state index in [4.69, 9.17) is 0 Å². The van der Waals surface area contributed by atoms with Crippen molar-refractivity contribution in [3.05, 3.63) is 69.2 Å². The van der Waals surface area contributed by atoms with Crippen molar-refractivity contribution in [2.75, 3.05) is 0 Å². The smallest absolute Gasteiger partial charge is 0.374 e. The molecular weight excluding hydrogens is 411 g/mol. The number of nitrogens with one attached hydrogen (secondary N) is 1. The second-order valence-corrected chi connectivity index (χ2v) is 7.21. The molecule has 3 rings (SSSR count). The number of amides is 1. The fourth-order valence-corrected chi connectivity index (χ4v) is 3.75. The molecule has 29 heavy (non-hydrogen) atoms. The van der Waals surface area contributed by atoms with E-state index in [1.807, 2.05) is 0 Å². The van der Waals surface area contributed by atoms with Crippen LogP contribution in [0.25, 0.3) is 10.2 Å². The average Bonchev–Trinajstić information content (AvgIpc) is 3.10. The number of fused-ring (bicyclic) bond motifs is 1. The summed E-state index contributed by atoms with van der Waals surface area (Å²) in [6, 6.07) is 11.8. The van der Waals surface area contributed by atoms with Crippen LogP contribution in [0.3, 0.4) is 0 Å². The number of carbonyl (C=O) groups excluding carboxylic acids is 1. The van der Waals surface area contributed by atoms with Crippen LogP contribution in [0.15, 0.2) is 48.5 Å². The Balaban J connectivity index is 1.82. The van der Waals surface area contributed by atoms with Gasteiger partial charge < -0.3 is 10.4 Å². The molecule has 1 heterocycles. The summed E-state index contributed by atoms with van der Waals surface area (Å²) in [5.41, 5.74) is -3.36. The van der Waals surface area contributed by atoms with E-state index in [0.717, 1.165) is 0 Å². The molecular formula is C18H14F3N3O4S. The Kier molecular flexibility index (Phi) is 5.53. The molecule has 0 spiro atoms. The Morgan fingerprint density at radius 3 is 2.48 bits per heavy atom. The van der Waals surface area contributed by atoms with Gasteiger partial charge in [-0.15, -0.1) is 11.3 Å². The summed E-state index contributed by atoms with van der Waals surface area (Å²) in [4.78, 5) is 26.4. The second kappa shape index (κ2) is 7.76. The molecule has 11 heteroatoms. The van der Waals surface area contributed by atoms with Crippen LogP contribution in [-0.2, 0) is 16.9 Å². The van der Waals surface area contributed by atoms with Crippen LogP contribution in [0, 0.1) is 10.1 Å². The largest absolute Gasteiger partial charge is 0.424 e. The van der Waals surface area contributed by atoms with E-state index in [2.05, 4.69) is 10.3 Å². The lowest BCUT2D eigenvalue weighted by Gasteiger charge is -2.27. The molecule has 0 bridgehead atoms. The van der Waals surface area contributed by atoms with Gasteiger partial charge in [-0.2, -0.15) is 13.2 Å². The maximum absolute atomic E-state index is 13.7. The van der Waals surface area contributed by atoms with Gasteiger partial charge in [0.2, 0.25) is 11.5 Å². The summed E-state index contributed by atoms with van der Waals surface area (Å²) in [5.74, 6) is -1.12. The van der Waals surface area contributed by atoms with Crippen LogP contribution in [0.1, 0.15) is 17.0 Å². The summed E-state index contributed by atoms with van der Waals surface area (Å²) in [5, 5.41) is 22.9. The Morgan fingerprint density at radius 2 is 1.83 bits per heavy atom. The highest BCUT2D eigenvalue weighted by Gasteiger charge is 2.58. The van der Waals surface area contributed by atoms with Crippen molar-refractivity contribution >= 4 is 33.1 Å². The minimum Gasteiger partial charge on any atom is -0.374 e. The van der Waals surface area contributed by atoms with Crippen LogP contribution in [0.4, 0.5) is 18.9 Å². The van der Waals surface area contributed by atoms with E-state index in [1.54, 1.807) is 18.2 Å². The molecule has 1 unspecified atom stereocenters. The number of hydrogen-bond acceptors (Lipinski definition) is 6. The maximum atomic E-state index is 13.7. The Morgan fingerprint density at radius 1 is 1.17 bits per heavy atom. The lowest BCUT2D eigenvalue weighted by atomic mass is 9.99. The van der Waals surface area contributed by atoms with Crippen molar-refractivity contribution in [2.45, 2.75) is 24.7 Å². The summed E-state index contributed by atoms with van der Waals surface area (Å²) in [7, 11) is 0. The van der Waals surface area contributed by atoms with E-state index in [-0.39, 0.29) is 23.3 Å². The van der Waals surface area contributed by atoms with Crippen molar-refractivity contribution in [1.29, 1.82) is 0 Å². The average molecular weight is 425 g/mol. The molecule has 0 fully saturated rings. The number of nitrogens with zero attached hydrogens (tertiary/aromatic N) is 2. The molecule has 0 saturated heterocycles. The number of halogens is 3. The fraction of sp³-hybridized carbons (Fsp3) is 0.222. The van der Waals surface area contributed by atoms with Crippen molar-refractivity contribution in [3.63, 3.8) is 0 Å². The zero-order valence-electron chi connectivity index (χ0n) is 14.6. The number of para-hydroxylation sites is 2. The number of carbonyl (C=O) groups is 1. The van der Waals surface area contributed by atoms with Gasteiger partial charge in [0.15, 0.2) is 0 Å². The standard InChI is InChI=1S/C18H14F3N3O4S/c19-18(20,21)17(26,16-23-12-6-2-4-8-14(12)29-16)9-15(25)22-10-11-5-1-3-7-13(11)24(27)28/h1-8,26H,9-10H2,(H,22,25). The molecule has 1 amide bonds. The number of aromatic nitrogens is 1. The van der Waals surface area contributed by atoms with Crippen LogP contribution in [0.2, 0.25) is 0 Å². The van der Waals surface area contributed by atoms with Crippen LogP contribution < -0.4 is 5.32 Å². The van der Waals surface area contributed by atoms with Crippen molar-refractivity contribution < 1.29 is 28.0 Å². The first kappa shape index (κ1) is 20.7. The van der Waals surface area contributed by atoms with E-state index < -0.39 is 34.0 Å². The summed E-state index contributed by atoms with van der Waals surface area (Å²) < 4.78 is 41.4. The number of hydrogen-bond donors (Lipinski definition) is 2. The van der Waals surface area contributed by atoms with Crippen LogP contribution in [0.5, 0.6) is 0 Å². The molecule has 0 saturated carbocycles. The molecule has 1 atom stereocenters. The van der Waals surface area contributed by atoms with Gasteiger partial charge in [-0.25, -0.2) is 4.98 Å². The number of benzene rings is 2. The minimum atomic E-state index is -5.16. The predicted octanol–water partition coefficient (Wildman–Crippen LogP) is 3.66. The van der Waals surface area contributed by atoms with Gasteiger partial charge in [-0.05, 0) is 12.1 Å². The normalized spacial score (nSPS) is 13.8. The van der Waals surface area contributed by atoms with Gasteiger partial charge in [0.05, 0.1) is 21.6 Å². The third-order valence-electron chi connectivity index (χ3n) is 4.20. The molecule has 1 aromatic heterocycles. The number of nitro benzene ring substituents is 1. The van der Waals surface area contributed by atoms with Crippen molar-refractivity contribution in [3.8, 4) is 0 Å². The molecule has 7 nitrogen and oxygen atoms in total. The topological polar surface area (TPSA) is 105 Å². The highest BCUT2D eigenvalue weighted by molar-refractivity contribution is 7.18. The Bertz CT molecular complexity index is 1040. The van der Waals surface area contributed by atoms with Crippen molar-refractivity contribution in [2.24, 2.45) is 0 Å². The van der Waals surface area contributed by atoms with Gasteiger partial charge in [-0.3, -0.25) is 14.9 Å². The molecule has 2 aromatic carbocycles. The second-order valence-electron chi connectivity index (χ2n) is 6.18. The van der Waals surface area contributed by atoms with Crippen molar-refractivity contribution in [1.82, 2.24) is 10.3 Å². The van der Waals surface area contributed by atoms with Gasteiger partial charge in [0.25, 0.3) is 5.69 Å². The van der Waals surface area contributed by atoms with Crippen LogP contribution in [-0.4, -0.2) is 27.1 Å². The lowest BCUT2D eigenvalue weighted by molar-refractivity contribution is -0.385. The first-order valence-corrected chi connectivity index (χ1v) is 9.07. The number of alkyl halides is 3. The minimum absolute atomic E-state index is 0.126. The van der Waals surface area contributed by atoms with E-state index in [1.165, 1.54) is 30.3 Å². The third-order valence-corrected chi connectivity index (χ3v) is 5.38. The van der Waals surface area contributed by atoms with Gasteiger partial charge >= 0.3 is 6.18 Å². The molecule has 0 radical (unpaired) electrons. The van der Waals surface area contributed by atoms with Gasteiger partial charge in [0, 0.05) is 18.2 Å². The third kappa shape index (κ3) is 4.20. The molecule has 3 aromatic rings. The van der Waals surface area contributed by atoms with Gasteiger partial charge in [-0.1, -0.05) is 30.3 Å². The quantitative estimate of drug-likeness (QED) is 0.463. The lowest BCUT2D eigenvalue weighted by Crippen LogP contribution is -2.46. The predicted molar refractivity (Wildman–Crippen MR) is 99.1 cm³/mol. The Hall–Kier alpha value is -3.05. The monoisotopic (exact) mass is 425 g/mol. The van der Waals surface area contributed by atoms with E-state index in [0.29, 0.717) is 16.0 Å². The number of rotatable bonds is 6. The number of thiazole rings is 1. The van der Waals surface area contributed by atoms with E-state index >= 15 is 0 Å². The molecule has 2 N–H and O–H groups in total. The maximum Gasteiger partial charge on any atom is 0.424 e. The van der Waals surface area contributed by atoms with Gasteiger partial charge in [0.1, 0.15) is 5.01 Å². The molecule has 152 valence electrons. The van der Waals surface area contributed by atoms with Crippen LogP contribution >= 0.6 is 11.3 Å². The summed E-state index contributed by atoms with van der Waals surface area (Å²) >= 11 is 0.643. The summed E-state index contributed by atoms with van der Waals surface area (Å²) in [6.07, 6.45) is -6.48. The zero-order chi connectivity index (χ0) is 21.2. The first-order chi connectivity index (χ1) is 13.6. The fourth-order valence-electron chi connectivity index (χ4n) is 2.67. The number of aliphatic hydroxyl groups is 1. The number of nitro groups is 1. The van der Waals surface area contributed by atoms with E-state index in [9.17, 15) is 33.2 Å². The SMILES string of the molecule is O=C(CC(O)(c1nc2ccccc2s1)C(F)(F)F)NCc1ccccc1[N+](=O)[O-]. The first-order valence-electron chi connectivity index (χ1n) is 8.26. The molecule has 0 aliphatic carbocycles.